The SMILES string of the molecule is COc1ccc(-c2ccc3nnn(Cc4ccc5nc(Nc6ccc(-c7ccc8nnn(Cc9ccc%10ncccc%10c9)c8n7)cc6)ccc5c4)c3n2)cc1OC. The van der Waals surface area contributed by atoms with Gasteiger partial charge in [0, 0.05) is 33.8 Å². The summed E-state index contributed by atoms with van der Waals surface area (Å²) >= 11 is 0. The van der Waals surface area contributed by atoms with Gasteiger partial charge < -0.3 is 14.8 Å². The molecule has 4 aromatic carbocycles. The first-order valence-corrected chi connectivity index (χ1v) is 18.3. The van der Waals surface area contributed by atoms with Crippen molar-refractivity contribution in [3.05, 3.63) is 145 Å². The number of methoxy groups -OCH3 is 2. The van der Waals surface area contributed by atoms with Gasteiger partial charge >= 0.3 is 0 Å². The summed E-state index contributed by atoms with van der Waals surface area (Å²) in [4.78, 5) is 19.2. The van der Waals surface area contributed by atoms with Gasteiger partial charge in [0.1, 0.15) is 16.9 Å². The molecule has 0 fully saturated rings. The fraction of sp³-hybridized carbons (Fsp3) is 0.0909. The quantitative estimate of drug-likeness (QED) is 0.144. The zero-order valence-electron chi connectivity index (χ0n) is 30.9. The van der Waals surface area contributed by atoms with Gasteiger partial charge in [-0.05, 0) is 108 Å². The van der Waals surface area contributed by atoms with Crippen molar-refractivity contribution < 1.29 is 9.47 Å². The van der Waals surface area contributed by atoms with E-state index in [2.05, 4.69) is 67.3 Å². The lowest BCUT2D eigenvalue weighted by molar-refractivity contribution is 0.355. The number of fused-ring (bicyclic) bond motifs is 4. The molecular formula is C44H33N11O2. The van der Waals surface area contributed by atoms with E-state index in [1.807, 2.05) is 100 Å². The summed E-state index contributed by atoms with van der Waals surface area (Å²) in [6, 6.07) is 42.2. The second-order valence-electron chi connectivity index (χ2n) is 13.6. The van der Waals surface area contributed by atoms with Crippen molar-refractivity contribution in [2.45, 2.75) is 13.1 Å². The number of hydrogen-bond acceptors (Lipinski definition) is 11. The number of aromatic nitrogens is 10. The van der Waals surface area contributed by atoms with Crippen molar-refractivity contribution in [3.63, 3.8) is 0 Å². The van der Waals surface area contributed by atoms with E-state index in [0.717, 1.165) is 83.6 Å². The number of pyridine rings is 4. The highest BCUT2D eigenvalue weighted by molar-refractivity contribution is 5.83. The topological polar surface area (TPSA) is 143 Å². The van der Waals surface area contributed by atoms with Crippen LogP contribution in [0.1, 0.15) is 11.1 Å². The van der Waals surface area contributed by atoms with Crippen molar-refractivity contribution in [2.24, 2.45) is 0 Å². The van der Waals surface area contributed by atoms with Gasteiger partial charge in [-0.25, -0.2) is 24.3 Å². The standard InChI is InChI=1S/C44H33N11O2/c1-56-40-19-9-32(24-41(40)57-2)37-16-18-39-44(49-37)55(53-51-39)26-28-6-14-36-31(23-28)10-20-42(47-36)46-33-11-7-29(8-12-33)35-15-17-38-43(48-35)54(52-50-38)25-27-5-13-34-30(22-27)4-3-21-45-34/h3-24H,25-26H2,1-2H3,(H,46,47). The molecule has 0 amide bonds. The molecule has 0 aliphatic heterocycles. The van der Waals surface area contributed by atoms with Crippen LogP contribution in [0.5, 0.6) is 11.5 Å². The zero-order chi connectivity index (χ0) is 38.3. The predicted molar refractivity (Wildman–Crippen MR) is 220 cm³/mol. The molecule has 0 saturated carbocycles. The Labute approximate surface area is 325 Å². The Morgan fingerprint density at radius 1 is 0.526 bits per heavy atom. The van der Waals surface area contributed by atoms with Crippen LogP contribution in [0.15, 0.2) is 134 Å². The minimum absolute atomic E-state index is 0.504. The molecule has 1 N–H and O–H groups in total. The summed E-state index contributed by atoms with van der Waals surface area (Å²) in [5.74, 6) is 2.05. The Morgan fingerprint density at radius 2 is 1.14 bits per heavy atom. The zero-order valence-corrected chi connectivity index (χ0v) is 30.9. The van der Waals surface area contributed by atoms with Crippen molar-refractivity contribution >= 4 is 55.6 Å². The summed E-state index contributed by atoms with van der Waals surface area (Å²) < 4.78 is 14.6. The molecule has 13 nitrogen and oxygen atoms in total. The molecule has 10 aromatic rings. The molecule has 0 unspecified atom stereocenters. The van der Waals surface area contributed by atoms with E-state index >= 15 is 0 Å². The summed E-state index contributed by atoms with van der Waals surface area (Å²) in [5, 5.41) is 23.1. The first-order chi connectivity index (χ1) is 28.1. The lowest BCUT2D eigenvalue weighted by atomic mass is 10.1. The lowest BCUT2D eigenvalue weighted by Crippen LogP contribution is -2.03. The normalized spacial score (nSPS) is 11.5. The van der Waals surface area contributed by atoms with E-state index in [4.69, 9.17) is 24.4 Å². The number of nitrogens with one attached hydrogen (secondary N) is 1. The van der Waals surface area contributed by atoms with E-state index in [0.29, 0.717) is 30.2 Å². The van der Waals surface area contributed by atoms with E-state index in [1.165, 1.54) is 0 Å². The van der Waals surface area contributed by atoms with Crippen LogP contribution in [-0.2, 0) is 13.1 Å². The van der Waals surface area contributed by atoms with Crippen LogP contribution < -0.4 is 14.8 Å². The van der Waals surface area contributed by atoms with Gasteiger partial charge in [-0.15, -0.1) is 10.2 Å². The molecule has 276 valence electrons. The average molecular weight is 748 g/mol. The number of ether oxygens (including phenoxy) is 2. The maximum atomic E-state index is 5.50. The summed E-state index contributed by atoms with van der Waals surface area (Å²) in [6.45, 7) is 1.06. The number of nitrogens with zero attached hydrogens (tertiary/aromatic N) is 10. The predicted octanol–water partition coefficient (Wildman–Crippen LogP) is 8.25. The van der Waals surface area contributed by atoms with Crippen molar-refractivity contribution in [3.8, 4) is 34.0 Å². The Morgan fingerprint density at radius 3 is 1.82 bits per heavy atom. The number of rotatable bonds is 10. The number of benzene rings is 4. The van der Waals surface area contributed by atoms with Gasteiger partial charge in [-0.3, -0.25) is 4.98 Å². The van der Waals surface area contributed by atoms with Crippen LogP contribution in [0.2, 0.25) is 0 Å². The van der Waals surface area contributed by atoms with Crippen LogP contribution in [-0.4, -0.2) is 64.1 Å². The van der Waals surface area contributed by atoms with Gasteiger partial charge in [0.05, 0.1) is 49.7 Å². The Balaban J connectivity index is 0.835. The summed E-state index contributed by atoms with van der Waals surface area (Å²) in [5.41, 5.74) is 11.3. The molecule has 57 heavy (non-hydrogen) atoms. The highest BCUT2D eigenvalue weighted by Crippen LogP contribution is 2.32. The molecule has 6 aromatic heterocycles. The van der Waals surface area contributed by atoms with Crippen molar-refractivity contribution in [1.29, 1.82) is 0 Å². The maximum absolute atomic E-state index is 5.50. The van der Waals surface area contributed by atoms with E-state index in [9.17, 15) is 0 Å². The van der Waals surface area contributed by atoms with Crippen LogP contribution in [0.25, 0.3) is 66.6 Å². The van der Waals surface area contributed by atoms with E-state index < -0.39 is 0 Å². The molecule has 0 spiro atoms. The molecule has 10 rings (SSSR count). The van der Waals surface area contributed by atoms with Crippen molar-refractivity contribution in [2.75, 3.05) is 19.5 Å². The fourth-order valence-electron chi connectivity index (χ4n) is 7.02. The molecule has 13 heteroatoms. The van der Waals surface area contributed by atoms with Gasteiger partial charge in [-0.2, -0.15) is 0 Å². The molecule has 0 saturated heterocycles. The molecule has 0 radical (unpaired) electrons. The van der Waals surface area contributed by atoms with Crippen LogP contribution in [0.4, 0.5) is 11.5 Å². The lowest BCUT2D eigenvalue weighted by Gasteiger charge is -2.10. The first-order valence-electron chi connectivity index (χ1n) is 18.3. The minimum Gasteiger partial charge on any atom is -0.493 e. The molecule has 0 atom stereocenters. The fourth-order valence-corrected chi connectivity index (χ4v) is 7.02. The van der Waals surface area contributed by atoms with Gasteiger partial charge in [0.15, 0.2) is 22.8 Å². The van der Waals surface area contributed by atoms with Crippen LogP contribution in [0, 0.1) is 0 Å². The van der Waals surface area contributed by atoms with E-state index in [-0.39, 0.29) is 0 Å². The maximum Gasteiger partial charge on any atom is 0.179 e. The third-order valence-corrected chi connectivity index (χ3v) is 9.94. The Bertz CT molecular complexity index is 3100. The van der Waals surface area contributed by atoms with Gasteiger partial charge in [-0.1, -0.05) is 40.8 Å². The largest absolute Gasteiger partial charge is 0.493 e. The summed E-state index contributed by atoms with van der Waals surface area (Å²) in [7, 11) is 3.24. The van der Waals surface area contributed by atoms with Gasteiger partial charge in [0.25, 0.3) is 0 Å². The summed E-state index contributed by atoms with van der Waals surface area (Å²) in [6.07, 6.45) is 1.80. The number of anilines is 2. The first kappa shape index (κ1) is 33.7. The van der Waals surface area contributed by atoms with Crippen molar-refractivity contribution in [1.82, 2.24) is 49.9 Å². The Hall–Kier alpha value is -7.80. The van der Waals surface area contributed by atoms with Crippen LogP contribution in [0.3, 0.4) is 0 Å². The molecular weight excluding hydrogens is 715 g/mol. The second-order valence-corrected chi connectivity index (χ2v) is 13.6. The highest BCUT2D eigenvalue weighted by atomic mass is 16.5. The highest BCUT2D eigenvalue weighted by Gasteiger charge is 2.14. The smallest absolute Gasteiger partial charge is 0.179 e. The third-order valence-electron chi connectivity index (χ3n) is 9.94. The number of hydrogen-bond donors (Lipinski definition) is 1. The molecule has 0 aliphatic rings. The molecule has 0 aliphatic carbocycles. The Kier molecular flexibility index (Phi) is 8.36. The van der Waals surface area contributed by atoms with Crippen LogP contribution >= 0.6 is 0 Å². The molecule has 0 bridgehead atoms. The monoisotopic (exact) mass is 747 g/mol. The van der Waals surface area contributed by atoms with E-state index in [1.54, 1.807) is 20.4 Å². The minimum atomic E-state index is 0.504. The average Bonchev–Trinajstić information content (AvgIpc) is 3.86. The second kappa shape index (κ2) is 14.1. The molecule has 6 heterocycles. The van der Waals surface area contributed by atoms with Gasteiger partial charge in [0.2, 0.25) is 0 Å². The third kappa shape index (κ3) is 6.56.